The molecule has 0 radical (unpaired) electrons. The molecule has 0 aliphatic rings. The van der Waals surface area contributed by atoms with Gasteiger partial charge in [0, 0.05) is 18.8 Å². The van der Waals surface area contributed by atoms with Crippen LogP contribution in [0.25, 0.3) is 0 Å². The maximum Gasteiger partial charge on any atom is 0.278 e. The van der Waals surface area contributed by atoms with E-state index in [1.165, 1.54) is 0 Å². The number of hydrogen-bond acceptors (Lipinski definition) is 5. The van der Waals surface area contributed by atoms with Crippen molar-refractivity contribution in [2.24, 2.45) is 0 Å². The van der Waals surface area contributed by atoms with Crippen LogP contribution in [0.3, 0.4) is 0 Å². The van der Waals surface area contributed by atoms with Crippen LogP contribution in [0.5, 0.6) is 0 Å². The second kappa shape index (κ2) is 8.98. The van der Waals surface area contributed by atoms with Crippen LogP contribution >= 0.6 is 0 Å². The summed E-state index contributed by atoms with van der Waals surface area (Å²) in [6.45, 7) is 4.36. The summed E-state index contributed by atoms with van der Waals surface area (Å²) in [6.07, 6.45) is 1.02. The van der Waals surface area contributed by atoms with Crippen LogP contribution < -0.4 is 10.2 Å². The van der Waals surface area contributed by atoms with E-state index in [0.29, 0.717) is 18.1 Å². The first-order valence-electron chi connectivity index (χ1n) is 8.21. The Morgan fingerprint density at radius 3 is 2.42 bits per heavy atom. The molecule has 6 heteroatoms. The molecule has 1 N–H and O–H groups in total. The molecule has 128 valence electrons. The molecule has 2 aromatic rings. The van der Waals surface area contributed by atoms with Crippen LogP contribution in [-0.4, -0.2) is 54.7 Å². The maximum absolute atomic E-state index is 12.6. The summed E-state index contributed by atoms with van der Waals surface area (Å²) in [6, 6.07) is 13.1. The summed E-state index contributed by atoms with van der Waals surface area (Å²) in [5, 5.41) is 11.4. The molecule has 0 unspecified atom stereocenters. The molecule has 24 heavy (non-hydrogen) atoms. The molecule has 6 nitrogen and oxygen atoms in total. The Kier molecular flexibility index (Phi) is 6.69. The smallest absolute Gasteiger partial charge is 0.278 e. The molecule has 0 fully saturated rings. The molecule has 1 amide bonds. The lowest BCUT2D eigenvalue weighted by Crippen LogP contribution is -2.31. The number of nitrogens with zero attached hydrogens (tertiary/aromatic N) is 4. The standard InChI is InChI=1S/C18H25N5O/c1-4-23(15-9-6-5-7-10-15)18(24)16-11-12-17(21-20-16)19-13-8-14-22(2)3/h5-7,9-12H,4,8,13-14H2,1-3H3,(H,19,21). The first-order valence-corrected chi connectivity index (χ1v) is 8.21. The fourth-order valence-electron chi connectivity index (χ4n) is 2.34. The van der Waals surface area contributed by atoms with Crippen molar-refractivity contribution < 1.29 is 4.79 Å². The Morgan fingerprint density at radius 1 is 1.08 bits per heavy atom. The Labute approximate surface area is 143 Å². The summed E-state index contributed by atoms with van der Waals surface area (Å²) in [4.78, 5) is 16.4. The third-order valence-corrected chi connectivity index (χ3v) is 3.60. The fraction of sp³-hybridized carbons (Fsp3) is 0.389. The van der Waals surface area contributed by atoms with Crippen LogP contribution in [0.1, 0.15) is 23.8 Å². The van der Waals surface area contributed by atoms with Crippen LogP contribution in [0, 0.1) is 0 Å². The number of amides is 1. The number of hydrogen-bond donors (Lipinski definition) is 1. The van der Waals surface area contributed by atoms with E-state index in [1.807, 2.05) is 51.4 Å². The van der Waals surface area contributed by atoms with E-state index in [0.717, 1.165) is 25.2 Å². The second-order valence-electron chi connectivity index (χ2n) is 5.77. The van der Waals surface area contributed by atoms with Crippen molar-refractivity contribution in [3.05, 3.63) is 48.2 Å². The second-order valence-corrected chi connectivity index (χ2v) is 5.77. The summed E-state index contributed by atoms with van der Waals surface area (Å²) >= 11 is 0. The Morgan fingerprint density at radius 2 is 1.83 bits per heavy atom. The zero-order chi connectivity index (χ0) is 17.4. The molecule has 0 aliphatic carbocycles. The number of aromatic nitrogens is 2. The van der Waals surface area contributed by atoms with Crippen LogP contribution in [-0.2, 0) is 0 Å². The molecule has 0 atom stereocenters. The van der Waals surface area contributed by atoms with Gasteiger partial charge in [0.25, 0.3) is 5.91 Å². The average molecular weight is 327 g/mol. The third-order valence-electron chi connectivity index (χ3n) is 3.60. The molecule has 1 aromatic heterocycles. The zero-order valence-corrected chi connectivity index (χ0v) is 14.6. The maximum atomic E-state index is 12.6. The van der Waals surface area contributed by atoms with Gasteiger partial charge in [-0.1, -0.05) is 18.2 Å². The first kappa shape index (κ1) is 17.9. The minimum atomic E-state index is -0.143. The van der Waals surface area contributed by atoms with Gasteiger partial charge in [0.05, 0.1) is 0 Å². The lowest BCUT2D eigenvalue weighted by molar-refractivity contribution is 0.0982. The third kappa shape index (κ3) is 5.03. The molecular weight excluding hydrogens is 302 g/mol. The molecular formula is C18H25N5O. The number of carbonyl (C=O) groups excluding carboxylic acids is 1. The number of para-hydroxylation sites is 1. The number of rotatable bonds is 8. The highest BCUT2D eigenvalue weighted by Gasteiger charge is 2.17. The summed E-state index contributed by atoms with van der Waals surface area (Å²) in [5.74, 6) is 0.545. The number of carbonyl (C=O) groups is 1. The molecule has 0 bridgehead atoms. The van der Waals surface area contributed by atoms with Crippen molar-refractivity contribution in [1.82, 2.24) is 15.1 Å². The Bertz CT molecular complexity index is 628. The molecule has 2 rings (SSSR count). The number of benzene rings is 1. The zero-order valence-electron chi connectivity index (χ0n) is 14.6. The monoisotopic (exact) mass is 327 g/mol. The van der Waals surface area contributed by atoms with E-state index in [9.17, 15) is 4.79 Å². The highest BCUT2D eigenvalue weighted by Crippen LogP contribution is 2.15. The van der Waals surface area contributed by atoms with Crippen molar-refractivity contribution in [3.63, 3.8) is 0 Å². The van der Waals surface area contributed by atoms with E-state index >= 15 is 0 Å². The van der Waals surface area contributed by atoms with Crippen LogP contribution in [0.4, 0.5) is 11.5 Å². The van der Waals surface area contributed by atoms with Crippen LogP contribution in [0.2, 0.25) is 0 Å². The van der Waals surface area contributed by atoms with Gasteiger partial charge in [-0.05, 0) is 58.3 Å². The minimum absolute atomic E-state index is 0.143. The van der Waals surface area contributed by atoms with Gasteiger partial charge in [-0.2, -0.15) is 0 Å². The SMILES string of the molecule is CCN(C(=O)c1ccc(NCCCN(C)C)nn1)c1ccccc1. The number of nitrogens with one attached hydrogen (secondary N) is 1. The quantitative estimate of drug-likeness (QED) is 0.755. The van der Waals surface area contributed by atoms with Gasteiger partial charge in [0.15, 0.2) is 5.69 Å². The van der Waals surface area contributed by atoms with Gasteiger partial charge < -0.3 is 15.1 Å². The van der Waals surface area contributed by atoms with Crippen molar-refractivity contribution in [2.45, 2.75) is 13.3 Å². The lowest BCUT2D eigenvalue weighted by atomic mass is 10.2. The van der Waals surface area contributed by atoms with Gasteiger partial charge in [-0.25, -0.2) is 0 Å². The van der Waals surface area contributed by atoms with Crippen LogP contribution in [0.15, 0.2) is 42.5 Å². The minimum Gasteiger partial charge on any atom is -0.369 e. The normalized spacial score (nSPS) is 10.7. The molecule has 1 heterocycles. The first-order chi connectivity index (χ1) is 11.6. The summed E-state index contributed by atoms with van der Waals surface area (Å²) < 4.78 is 0. The fourth-order valence-corrected chi connectivity index (χ4v) is 2.34. The topological polar surface area (TPSA) is 61.4 Å². The molecule has 0 spiro atoms. The van der Waals surface area contributed by atoms with Gasteiger partial charge >= 0.3 is 0 Å². The van der Waals surface area contributed by atoms with Crippen molar-refractivity contribution in [3.8, 4) is 0 Å². The van der Waals surface area contributed by atoms with Gasteiger partial charge in [-0.3, -0.25) is 4.79 Å². The molecule has 0 saturated carbocycles. The van der Waals surface area contributed by atoms with Gasteiger partial charge in [0.2, 0.25) is 0 Å². The van der Waals surface area contributed by atoms with Crippen molar-refractivity contribution in [2.75, 3.05) is 43.9 Å². The average Bonchev–Trinajstić information content (AvgIpc) is 2.60. The lowest BCUT2D eigenvalue weighted by Gasteiger charge is -2.20. The van der Waals surface area contributed by atoms with E-state index in [1.54, 1.807) is 17.0 Å². The van der Waals surface area contributed by atoms with E-state index in [4.69, 9.17) is 0 Å². The van der Waals surface area contributed by atoms with E-state index in [-0.39, 0.29) is 5.91 Å². The molecule has 0 aliphatic heterocycles. The van der Waals surface area contributed by atoms with E-state index < -0.39 is 0 Å². The molecule has 0 saturated heterocycles. The molecule has 1 aromatic carbocycles. The van der Waals surface area contributed by atoms with Crippen molar-refractivity contribution in [1.29, 1.82) is 0 Å². The van der Waals surface area contributed by atoms with Crippen molar-refractivity contribution >= 4 is 17.4 Å². The number of anilines is 2. The van der Waals surface area contributed by atoms with Gasteiger partial charge in [0.1, 0.15) is 5.82 Å². The largest absolute Gasteiger partial charge is 0.369 e. The summed E-state index contributed by atoms with van der Waals surface area (Å²) in [5.41, 5.74) is 1.21. The Balaban J connectivity index is 1.97. The predicted octanol–water partition coefficient (Wildman–Crippen LogP) is 2.51. The Hall–Kier alpha value is -2.47. The summed E-state index contributed by atoms with van der Waals surface area (Å²) in [7, 11) is 4.10. The highest BCUT2D eigenvalue weighted by molar-refractivity contribution is 6.04. The van der Waals surface area contributed by atoms with Gasteiger partial charge in [-0.15, -0.1) is 10.2 Å². The predicted molar refractivity (Wildman–Crippen MR) is 97.5 cm³/mol. The highest BCUT2D eigenvalue weighted by atomic mass is 16.2. The van der Waals surface area contributed by atoms with E-state index in [2.05, 4.69) is 20.4 Å².